The number of hydrogen-bond acceptors (Lipinski definition) is 3. The normalized spacial score (nSPS) is 19.0. The van der Waals surface area contributed by atoms with Gasteiger partial charge in [-0.2, -0.15) is 0 Å². The summed E-state index contributed by atoms with van der Waals surface area (Å²) in [6.07, 6.45) is 5.58. The van der Waals surface area contributed by atoms with Crippen LogP contribution in [0.25, 0.3) is 0 Å². The number of aromatic nitrogens is 1. The first-order valence-electron chi connectivity index (χ1n) is 7.18. The molecule has 2 aliphatic rings. The van der Waals surface area contributed by atoms with Crippen LogP contribution in [0.5, 0.6) is 0 Å². The maximum absolute atomic E-state index is 5.86. The largest absolute Gasteiger partial charge is 0.356 e. The first kappa shape index (κ1) is 12.0. The third-order valence-corrected chi connectivity index (χ3v) is 3.97. The van der Waals surface area contributed by atoms with E-state index in [9.17, 15) is 0 Å². The van der Waals surface area contributed by atoms with Gasteiger partial charge in [-0.15, -0.1) is 0 Å². The minimum absolute atomic E-state index is 0.592. The highest BCUT2D eigenvalue weighted by atomic mass is 15.2. The van der Waals surface area contributed by atoms with Gasteiger partial charge in [-0.25, -0.2) is 4.98 Å². The van der Waals surface area contributed by atoms with Crippen molar-refractivity contribution < 1.29 is 0 Å². The summed E-state index contributed by atoms with van der Waals surface area (Å²) >= 11 is 0. The number of anilines is 1. The third kappa shape index (κ3) is 2.83. The second kappa shape index (κ2) is 4.88. The Labute approximate surface area is 109 Å². The number of rotatable bonds is 6. The summed E-state index contributed by atoms with van der Waals surface area (Å²) in [7, 11) is 0. The van der Waals surface area contributed by atoms with Crippen LogP contribution in [-0.4, -0.2) is 18.1 Å². The maximum atomic E-state index is 5.86. The average Bonchev–Trinajstić information content (AvgIpc) is 3.23. The fourth-order valence-electron chi connectivity index (χ4n) is 2.48. The molecule has 1 aromatic rings. The molecule has 3 rings (SSSR count). The predicted octanol–water partition coefficient (Wildman–Crippen LogP) is 2.48. The monoisotopic (exact) mass is 245 g/mol. The molecule has 2 aliphatic carbocycles. The topological polar surface area (TPSA) is 42.1 Å². The fraction of sp³-hybridized carbons (Fsp3) is 0.667. The Morgan fingerprint density at radius 2 is 1.78 bits per heavy atom. The van der Waals surface area contributed by atoms with E-state index in [-0.39, 0.29) is 0 Å². The van der Waals surface area contributed by atoms with Crippen molar-refractivity contribution in [3.8, 4) is 0 Å². The van der Waals surface area contributed by atoms with Gasteiger partial charge in [0.1, 0.15) is 5.82 Å². The molecule has 1 aromatic heterocycles. The van der Waals surface area contributed by atoms with Gasteiger partial charge in [0.25, 0.3) is 0 Å². The van der Waals surface area contributed by atoms with E-state index in [0.29, 0.717) is 6.54 Å². The zero-order chi connectivity index (χ0) is 12.5. The SMILES string of the molecule is Cc1ccc(CN)c(N(CC2CC2)CC2CC2)n1. The Hall–Kier alpha value is -1.09. The first-order valence-corrected chi connectivity index (χ1v) is 7.18. The third-order valence-electron chi connectivity index (χ3n) is 3.97. The summed E-state index contributed by atoms with van der Waals surface area (Å²) in [6.45, 7) is 5.02. The summed E-state index contributed by atoms with van der Waals surface area (Å²) in [6, 6.07) is 4.21. The Morgan fingerprint density at radius 1 is 1.17 bits per heavy atom. The van der Waals surface area contributed by atoms with Crippen molar-refractivity contribution in [2.75, 3.05) is 18.0 Å². The van der Waals surface area contributed by atoms with E-state index >= 15 is 0 Å². The van der Waals surface area contributed by atoms with Crippen LogP contribution in [0.15, 0.2) is 12.1 Å². The minimum atomic E-state index is 0.592. The number of hydrogen-bond donors (Lipinski definition) is 1. The highest BCUT2D eigenvalue weighted by Gasteiger charge is 2.30. The van der Waals surface area contributed by atoms with Crippen molar-refractivity contribution in [2.24, 2.45) is 17.6 Å². The number of pyridine rings is 1. The second-order valence-corrected chi connectivity index (χ2v) is 5.93. The molecule has 0 aromatic carbocycles. The molecule has 0 aliphatic heterocycles. The zero-order valence-electron chi connectivity index (χ0n) is 11.2. The Bertz CT molecular complexity index is 408. The molecule has 0 atom stereocenters. The zero-order valence-corrected chi connectivity index (χ0v) is 11.2. The van der Waals surface area contributed by atoms with Crippen LogP contribution in [0.1, 0.15) is 36.9 Å². The molecule has 3 heteroatoms. The summed E-state index contributed by atoms with van der Waals surface area (Å²) in [4.78, 5) is 7.26. The Balaban J connectivity index is 1.83. The average molecular weight is 245 g/mol. The van der Waals surface area contributed by atoms with Crippen LogP contribution in [0.4, 0.5) is 5.82 Å². The van der Waals surface area contributed by atoms with Gasteiger partial charge < -0.3 is 10.6 Å². The molecule has 0 unspecified atom stereocenters. The van der Waals surface area contributed by atoms with Crippen molar-refractivity contribution in [3.05, 3.63) is 23.4 Å². The number of nitrogens with zero attached hydrogens (tertiary/aromatic N) is 2. The van der Waals surface area contributed by atoms with E-state index in [4.69, 9.17) is 10.7 Å². The van der Waals surface area contributed by atoms with Crippen molar-refractivity contribution in [1.82, 2.24) is 4.98 Å². The Morgan fingerprint density at radius 3 is 2.28 bits per heavy atom. The molecule has 0 saturated heterocycles. The van der Waals surface area contributed by atoms with Crippen molar-refractivity contribution >= 4 is 5.82 Å². The lowest BCUT2D eigenvalue weighted by Gasteiger charge is -2.26. The molecule has 0 spiro atoms. The van der Waals surface area contributed by atoms with Crippen molar-refractivity contribution in [3.63, 3.8) is 0 Å². The van der Waals surface area contributed by atoms with E-state index in [1.165, 1.54) is 44.3 Å². The molecule has 18 heavy (non-hydrogen) atoms. The maximum Gasteiger partial charge on any atom is 0.133 e. The van der Waals surface area contributed by atoms with Crippen LogP contribution in [0.3, 0.4) is 0 Å². The number of aryl methyl sites for hydroxylation is 1. The van der Waals surface area contributed by atoms with Gasteiger partial charge in [-0.05, 0) is 50.5 Å². The molecule has 2 N–H and O–H groups in total. The smallest absolute Gasteiger partial charge is 0.133 e. The number of nitrogens with two attached hydrogens (primary N) is 1. The molecule has 0 radical (unpaired) electrons. The lowest BCUT2D eigenvalue weighted by atomic mass is 10.2. The molecule has 2 saturated carbocycles. The molecule has 1 heterocycles. The van der Waals surface area contributed by atoms with Crippen LogP contribution in [-0.2, 0) is 6.54 Å². The van der Waals surface area contributed by atoms with Crippen LogP contribution >= 0.6 is 0 Å². The molecular weight excluding hydrogens is 222 g/mol. The predicted molar refractivity (Wildman–Crippen MR) is 74.5 cm³/mol. The van der Waals surface area contributed by atoms with E-state index in [2.05, 4.69) is 24.0 Å². The van der Waals surface area contributed by atoms with Gasteiger partial charge in [-0.3, -0.25) is 0 Å². The molecule has 98 valence electrons. The van der Waals surface area contributed by atoms with E-state index in [1.807, 2.05) is 0 Å². The molecular formula is C15H23N3. The summed E-state index contributed by atoms with van der Waals surface area (Å²) < 4.78 is 0. The fourth-order valence-corrected chi connectivity index (χ4v) is 2.48. The van der Waals surface area contributed by atoms with Crippen LogP contribution in [0.2, 0.25) is 0 Å². The second-order valence-electron chi connectivity index (χ2n) is 5.93. The van der Waals surface area contributed by atoms with E-state index in [0.717, 1.165) is 23.3 Å². The van der Waals surface area contributed by atoms with E-state index < -0.39 is 0 Å². The minimum Gasteiger partial charge on any atom is -0.356 e. The summed E-state index contributed by atoms with van der Waals surface area (Å²) in [5.41, 5.74) is 8.16. The lowest BCUT2D eigenvalue weighted by Crippen LogP contribution is -2.30. The summed E-state index contributed by atoms with van der Waals surface area (Å²) in [5.74, 6) is 2.95. The van der Waals surface area contributed by atoms with Crippen molar-refractivity contribution in [2.45, 2.75) is 39.2 Å². The highest BCUT2D eigenvalue weighted by molar-refractivity contribution is 5.48. The first-order chi connectivity index (χ1) is 8.76. The molecule has 2 fully saturated rings. The van der Waals surface area contributed by atoms with Crippen molar-refractivity contribution in [1.29, 1.82) is 0 Å². The van der Waals surface area contributed by atoms with Crippen LogP contribution in [0, 0.1) is 18.8 Å². The molecule has 0 bridgehead atoms. The van der Waals surface area contributed by atoms with Gasteiger partial charge in [0.05, 0.1) is 0 Å². The quantitative estimate of drug-likeness (QED) is 0.837. The van der Waals surface area contributed by atoms with Gasteiger partial charge in [-0.1, -0.05) is 6.07 Å². The van der Waals surface area contributed by atoms with Gasteiger partial charge in [0, 0.05) is 30.9 Å². The Kier molecular flexibility index (Phi) is 3.25. The summed E-state index contributed by atoms with van der Waals surface area (Å²) in [5, 5.41) is 0. The van der Waals surface area contributed by atoms with E-state index in [1.54, 1.807) is 0 Å². The van der Waals surface area contributed by atoms with Gasteiger partial charge in [0.2, 0.25) is 0 Å². The lowest BCUT2D eigenvalue weighted by molar-refractivity contribution is 0.666. The highest BCUT2D eigenvalue weighted by Crippen LogP contribution is 2.36. The van der Waals surface area contributed by atoms with Crippen LogP contribution < -0.4 is 10.6 Å². The van der Waals surface area contributed by atoms with Gasteiger partial charge in [0.15, 0.2) is 0 Å². The molecule has 3 nitrogen and oxygen atoms in total. The van der Waals surface area contributed by atoms with Gasteiger partial charge >= 0.3 is 0 Å². The standard InChI is InChI=1S/C15H23N3/c1-11-2-7-14(8-16)15(17-11)18(9-12-3-4-12)10-13-5-6-13/h2,7,12-13H,3-6,8-10,16H2,1H3. The molecule has 0 amide bonds.